The van der Waals surface area contributed by atoms with E-state index in [4.69, 9.17) is 10.5 Å². The van der Waals surface area contributed by atoms with Crippen LogP contribution in [0.5, 0.6) is 11.5 Å². The highest BCUT2D eigenvalue weighted by molar-refractivity contribution is 5.38. The van der Waals surface area contributed by atoms with Crippen LogP contribution >= 0.6 is 0 Å². The van der Waals surface area contributed by atoms with Crippen LogP contribution in [0.1, 0.15) is 36.9 Å². The van der Waals surface area contributed by atoms with Gasteiger partial charge in [0.2, 0.25) is 0 Å². The third-order valence-corrected chi connectivity index (χ3v) is 4.21. The van der Waals surface area contributed by atoms with E-state index >= 15 is 0 Å². The molecule has 21 heavy (non-hydrogen) atoms. The second kappa shape index (κ2) is 5.41. The number of hydrogen-bond donors (Lipinski definition) is 2. The van der Waals surface area contributed by atoms with Crippen LogP contribution in [0.15, 0.2) is 48.5 Å². The molecule has 3 nitrogen and oxygen atoms in total. The molecule has 0 amide bonds. The lowest BCUT2D eigenvalue weighted by atomic mass is 9.85. The highest BCUT2D eigenvalue weighted by Gasteiger charge is 2.35. The van der Waals surface area contributed by atoms with Crippen LogP contribution in [-0.4, -0.2) is 10.7 Å². The molecule has 0 bridgehead atoms. The summed E-state index contributed by atoms with van der Waals surface area (Å²) in [5, 5.41) is 9.33. The van der Waals surface area contributed by atoms with E-state index in [1.807, 2.05) is 36.4 Å². The van der Waals surface area contributed by atoms with E-state index in [0.29, 0.717) is 5.75 Å². The number of phenolic OH excluding ortho intramolecular Hbond substituents is 1. The first-order valence-electron chi connectivity index (χ1n) is 7.37. The summed E-state index contributed by atoms with van der Waals surface area (Å²) >= 11 is 0. The Labute approximate surface area is 125 Å². The summed E-state index contributed by atoms with van der Waals surface area (Å²) in [7, 11) is 0. The minimum Gasteiger partial charge on any atom is -0.508 e. The molecule has 3 rings (SSSR count). The molecule has 2 atom stereocenters. The zero-order valence-corrected chi connectivity index (χ0v) is 12.3. The first kappa shape index (κ1) is 14.0. The SMILES string of the molecule is CC1(CCc2ccc(O)cc2)C[C@@H](N)c2ccccc2O1. The normalized spacial score (nSPS) is 24.2. The Morgan fingerprint density at radius 2 is 1.90 bits per heavy atom. The highest BCUT2D eigenvalue weighted by Crippen LogP contribution is 2.40. The lowest BCUT2D eigenvalue weighted by Gasteiger charge is -2.39. The van der Waals surface area contributed by atoms with Crippen molar-refractivity contribution in [3.8, 4) is 11.5 Å². The number of fused-ring (bicyclic) bond motifs is 1. The predicted octanol–water partition coefficient (Wildman–Crippen LogP) is 3.57. The topological polar surface area (TPSA) is 55.5 Å². The molecule has 2 aromatic rings. The van der Waals surface area contributed by atoms with Crippen LogP contribution in [-0.2, 0) is 6.42 Å². The zero-order chi connectivity index (χ0) is 14.9. The molecule has 3 heteroatoms. The third kappa shape index (κ3) is 3.03. The lowest BCUT2D eigenvalue weighted by Crippen LogP contribution is -2.40. The quantitative estimate of drug-likeness (QED) is 0.905. The minimum absolute atomic E-state index is 0.0276. The summed E-state index contributed by atoms with van der Waals surface area (Å²) in [6.07, 6.45) is 2.63. The number of aromatic hydroxyl groups is 1. The maximum Gasteiger partial charge on any atom is 0.124 e. The van der Waals surface area contributed by atoms with Crippen molar-refractivity contribution in [1.82, 2.24) is 0 Å². The molecule has 0 radical (unpaired) electrons. The number of phenols is 1. The van der Waals surface area contributed by atoms with Gasteiger partial charge in [-0.1, -0.05) is 30.3 Å². The molecule has 1 aliphatic rings. The van der Waals surface area contributed by atoms with E-state index in [9.17, 15) is 5.11 Å². The van der Waals surface area contributed by atoms with E-state index < -0.39 is 0 Å². The standard InChI is InChI=1S/C18H21NO2/c1-18(11-10-13-6-8-14(20)9-7-13)12-16(19)15-4-2-3-5-17(15)21-18/h2-9,16,20H,10-12,19H2,1H3/t16-,18?/m1/s1. The molecule has 0 aliphatic carbocycles. The Kier molecular flexibility index (Phi) is 3.60. The fraction of sp³-hybridized carbons (Fsp3) is 0.333. The smallest absolute Gasteiger partial charge is 0.124 e. The molecule has 3 N–H and O–H groups in total. The van der Waals surface area contributed by atoms with Crippen molar-refractivity contribution >= 4 is 0 Å². The summed E-state index contributed by atoms with van der Waals surface area (Å²) in [6, 6.07) is 15.4. The van der Waals surface area contributed by atoms with Crippen molar-refractivity contribution in [2.45, 2.75) is 37.8 Å². The monoisotopic (exact) mass is 283 g/mol. The van der Waals surface area contributed by atoms with Crippen LogP contribution in [0.3, 0.4) is 0 Å². The molecule has 1 unspecified atom stereocenters. The highest BCUT2D eigenvalue weighted by atomic mass is 16.5. The van der Waals surface area contributed by atoms with Gasteiger partial charge in [-0.15, -0.1) is 0 Å². The molecule has 110 valence electrons. The summed E-state index contributed by atoms with van der Waals surface area (Å²) in [6.45, 7) is 2.13. The molecular weight excluding hydrogens is 262 g/mol. The first-order valence-corrected chi connectivity index (χ1v) is 7.37. The van der Waals surface area contributed by atoms with Crippen molar-refractivity contribution < 1.29 is 9.84 Å². The molecule has 0 saturated carbocycles. The molecule has 1 heterocycles. The second-order valence-corrected chi connectivity index (χ2v) is 6.07. The van der Waals surface area contributed by atoms with Crippen molar-refractivity contribution in [2.75, 3.05) is 0 Å². The molecule has 0 aromatic heterocycles. The number of aryl methyl sites for hydroxylation is 1. The molecule has 0 saturated heterocycles. The maximum absolute atomic E-state index is 9.33. The lowest BCUT2D eigenvalue weighted by molar-refractivity contribution is 0.0458. The molecule has 0 spiro atoms. The van der Waals surface area contributed by atoms with E-state index in [1.54, 1.807) is 12.1 Å². The molecule has 2 aromatic carbocycles. The summed E-state index contributed by atoms with van der Waals surface area (Å²) < 4.78 is 6.21. The summed E-state index contributed by atoms with van der Waals surface area (Å²) in [5.74, 6) is 1.21. The number of ether oxygens (including phenoxy) is 1. The van der Waals surface area contributed by atoms with E-state index in [2.05, 4.69) is 6.92 Å². The first-order chi connectivity index (χ1) is 10.1. The predicted molar refractivity (Wildman–Crippen MR) is 83.4 cm³/mol. The van der Waals surface area contributed by atoms with Gasteiger partial charge in [0.25, 0.3) is 0 Å². The van der Waals surface area contributed by atoms with E-state index in [0.717, 1.165) is 30.6 Å². The van der Waals surface area contributed by atoms with Gasteiger partial charge in [0.05, 0.1) is 0 Å². The van der Waals surface area contributed by atoms with Gasteiger partial charge >= 0.3 is 0 Å². The van der Waals surface area contributed by atoms with Gasteiger partial charge in [-0.2, -0.15) is 0 Å². The Hall–Kier alpha value is -2.00. The zero-order valence-electron chi connectivity index (χ0n) is 12.3. The van der Waals surface area contributed by atoms with Crippen LogP contribution in [0.4, 0.5) is 0 Å². The molecule has 0 fully saturated rings. The van der Waals surface area contributed by atoms with Gasteiger partial charge in [0.15, 0.2) is 0 Å². The second-order valence-electron chi connectivity index (χ2n) is 6.07. The van der Waals surface area contributed by atoms with Crippen LogP contribution in [0, 0.1) is 0 Å². The number of benzene rings is 2. The van der Waals surface area contributed by atoms with Gasteiger partial charge in [-0.05, 0) is 43.5 Å². The Morgan fingerprint density at radius 3 is 2.67 bits per heavy atom. The van der Waals surface area contributed by atoms with Gasteiger partial charge < -0.3 is 15.6 Å². The Morgan fingerprint density at radius 1 is 1.19 bits per heavy atom. The molecular formula is C18H21NO2. The van der Waals surface area contributed by atoms with Crippen molar-refractivity contribution in [3.05, 3.63) is 59.7 Å². The summed E-state index contributed by atoms with van der Waals surface area (Å²) in [5.41, 5.74) is 8.35. The van der Waals surface area contributed by atoms with Gasteiger partial charge in [0.1, 0.15) is 17.1 Å². The van der Waals surface area contributed by atoms with Gasteiger partial charge in [0, 0.05) is 18.0 Å². The van der Waals surface area contributed by atoms with Gasteiger partial charge in [-0.3, -0.25) is 0 Å². The Bertz CT molecular complexity index is 623. The fourth-order valence-corrected chi connectivity index (χ4v) is 2.99. The Balaban J connectivity index is 1.72. The van der Waals surface area contributed by atoms with Crippen molar-refractivity contribution in [2.24, 2.45) is 5.73 Å². The minimum atomic E-state index is -0.244. The van der Waals surface area contributed by atoms with Gasteiger partial charge in [-0.25, -0.2) is 0 Å². The number of nitrogens with two attached hydrogens (primary N) is 1. The maximum atomic E-state index is 9.33. The molecule has 1 aliphatic heterocycles. The number of para-hydroxylation sites is 1. The van der Waals surface area contributed by atoms with Crippen molar-refractivity contribution in [1.29, 1.82) is 0 Å². The third-order valence-electron chi connectivity index (χ3n) is 4.21. The van der Waals surface area contributed by atoms with Crippen LogP contribution in [0.25, 0.3) is 0 Å². The number of rotatable bonds is 3. The fourth-order valence-electron chi connectivity index (χ4n) is 2.99. The van der Waals surface area contributed by atoms with Crippen LogP contribution < -0.4 is 10.5 Å². The van der Waals surface area contributed by atoms with Crippen molar-refractivity contribution in [3.63, 3.8) is 0 Å². The number of hydrogen-bond acceptors (Lipinski definition) is 3. The van der Waals surface area contributed by atoms with E-state index in [-0.39, 0.29) is 11.6 Å². The average molecular weight is 283 g/mol. The largest absolute Gasteiger partial charge is 0.508 e. The van der Waals surface area contributed by atoms with E-state index in [1.165, 1.54) is 5.56 Å². The van der Waals surface area contributed by atoms with Crippen LogP contribution in [0.2, 0.25) is 0 Å². The average Bonchev–Trinajstić information content (AvgIpc) is 2.47. The summed E-state index contributed by atoms with van der Waals surface area (Å²) in [4.78, 5) is 0.